The van der Waals surface area contributed by atoms with Crippen LogP contribution in [0.5, 0.6) is 0 Å². The molecule has 0 aliphatic carbocycles. The van der Waals surface area contributed by atoms with Crippen LogP contribution < -0.4 is 0 Å². The highest BCUT2D eigenvalue weighted by Crippen LogP contribution is 2.25. The SMILES string of the molecule is CCCCCc1cc(C)c(CCCCCCCCC(=O)O[C@@H](CO)COC(=O)CCCCCCCCCCc2oc(CCCCC)c(C)c2C)o1. The van der Waals surface area contributed by atoms with Crippen molar-refractivity contribution in [1.82, 2.24) is 0 Å². The zero-order valence-corrected chi connectivity index (χ0v) is 33.4. The van der Waals surface area contributed by atoms with E-state index in [0.717, 1.165) is 95.0 Å². The molecular formula is C44H74O7. The van der Waals surface area contributed by atoms with Gasteiger partial charge < -0.3 is 23.4 Å². The summed E-state index contributed by atoms with van der Waals surface area (Å²) < 4.78 is 22.9. The third-order valence-corrected chi connectivity index (χ3v) is 10.3. The van der Waals surface area contributed by atoms with Gasteiger partial charge in [-0.25, -0.2) is 0 Å². The van der Waals surface area contributed by atoms with E-state index >= 15 is 0 Å². The fourth-order valence-electron chi connectivity index (χ4n) is 6.75. The van der Waals surface area contributed by atoms with Gasteiger partial charge in [0.1, 0.15) is 29.6 Å². The van der Waals surface area contributed by atoms with Crippen molar-refractivity contribution in [3.8, 4) is 0 Å². The number of furan rings is 2. The number of ether oxygens (including phenoxy) is 2. The zero-order chi connectivity index (χ0) is 37.1. The van der Waals surface area contributed by atoms with Crippen LogP contribution in [0.2, 0.25) is 0 Å². The quantitative estimate of drug-likeness (QED) is 0.0595. The molecule has 2 aromatic rings. The van der Waals surface area contributed by atoms with Crippen molar-refractivity contribution in [3.05, 3.63) is 45.8 Å². The highest BCUT2D eigenvalue weighted by molar-refractivity contribution is 5.70. The summed E-state index contributed by atoms with van der Waals surface area (Å²) in [7, 11) is 0. The molecule has 0 fully saturated rings. The topological polar surface area (TPSA) is 99.1 Å². The van der Waals surface area contributed by atoms with Gasteiger partial charge in [0.25, 0.3) is 0 Å². The Labute approximate surface area is 311 Å². The summed E-state index contributed by atoms with van der Waals surface area (Å²) in [6.45, 7) is 10.6. The molecule has 0 spiro atoms. The Balaban J connectivity index is 1.41. The van der Waals surface area contributed by atoms with Crippen molar-refractivity contribution >= 4 is 11.9 Å². The molecule has 7 nitrogen and oxygen atoms in total. The van der Waals surface area contributed by atoms with Gasteiger partial charge in [-0.1, -0.05) is 104 Å². The normalized spacial score (nSPS) is 12.0. The number of hydrogen-bond acceptors (Lipinski definition) is 7. The van der Waals surface area contributed by atoms with Crippen molar-refractivity contribution < 1.29 is 33.0 Å². The number of carbonyl (C=O) groups excluding carboxylic acids is 2. The molecule has 0 unspecified atom stereocenters. The summed E-state index contributed by atoms with van der Waals surface area (Å²) in [5.41, 5.74) is 3.97. The summed E-state index contributed by atoms with van der Waals surface area (Å²) in [5, 5.41) is 9.62. The van der Waals surface area contributed by atoms with Crippen LogP contribution in [0.3, 0.4) is 0 Å². The highest BCUT2D eigenvalue weighted by Gasteiger charge is 2.16. The number of unbranched alkanes of at least 4 members (excludes halogenated alkanes) is 16. The Morgan fingerprint density at radius 1 is 0.588 bits per heavy atom. The lowest BCUT2D eigenvalue weighted by Crippen LogP contribution is -2.28. The molecule has 0 aliphatic rings. The maximum absolute atomic E-state index is 12.3. The number of aliphatic hydroxyl groups is 1. The zero-order valence-electron chi connectivity index (χ0n) is 33.4. The fourth-order valence-corrected chi connectivity index (χ4v) is 6.75. The Hall–Kier alpha value is -2.54. The number of hydrogen-bond donors (Lipinski definition) is 1. The standard InChI is InChI=1S/C44H74O7/c1-6-8-20-26-38-32-35(3)40(49-38)27-22-16-14-15-19-25-31-44(47)50-39(33-45)34-48-43(46)30-24-18-13-11-10-12-17-23-29-42-37(5)36(4)41(51-42)28-21-9-7-2/h32,39,45H,6-31,33-34H2,1-5H3/t39-/m0/s1. The first-order valence-corrected chi connectivity index (χ1v) is 20.9. The summed E-state index contributed by atoms with van der Waals surface area (Å²) in [6, 6.07) is 2.20. The average Bonchev–Trinajstić information content (AvgIpc) is 3.61. The highest BCUT2D eigenvalue weighted by atomic mass is 16.6. The fraction of sp³-hybridized carbons (Fsp3) is 0.773. The minimum atomic E-state index is -0.799. The van der Waals surface area contributed by atoms with Gasteiger partial charge in [-0.15, -0.1) is 0 Å². The van der Waals surface area contributed by atoms with E-state index in [4.69, 9.17) is 18.3 Å². The molecule has 0 saturated carbocycles. The van der Waals surface area contributed by atoms with Crippen LogP contribution in [-0.2, 0) is 44.7 Å². The molecule has 0 radical (unpaired) electrons. The van der Waals surface area contributed by atoms with E-state index in [1.807, 2.05) is 0 Å². The van der Waals surface area contributed by atoms with Gasteiger partial charge in [-0.05, 0) is 82.1 Å². The molecule has 2 heterocycles. The largest absolute Gasteiger partial charge is 0.466 e. The molecule has 292 valence electrons. The minimum Gasteiger partial charge on any atom is -0.466 e. The van der Waals surface area contributed by atoms with E-state index in [-0.39, 0.29) is 25.2 Å². The molecule has 51 heavy (non-hydrogen) atoms. The van der Waals surface area contributed by atoms with Gasteiger partial charge in [-0.3, -0.25) is 9.59 Å². The molecular weight excluding hydrogens is 640 g/mol. The molecule has 2 aromatic heterocycles. The van der Waals surface area contributed by atoms with Gasteiger partial charge in [0.2, 0.25) is 0 Å². The molecule has 0 aromatic carbocycles. The lowest BCUT2D eigenvalue weighted by Gasteiger charge is -2.15. The van der Waals surface area contributed by atoms with Crippen LogP contribution in [0.4, 0.5) is 0 Å². The first-order valence-electron chi connectivity index (χ1n) is 20.9. The van der Waals surface area contributed by atoms with Crippen molar-refractivity contribution in [3.63, 3.8) is 0 Å². The Kier molecular flexibility index (Phi) is 24.5. The predicted octanol–water partition coefficient (Wildman–Crippen LogP) is 11.7. The average molecular weight is 715 g/mol. The number of aryl methyl sites for hydroxylation is 5. The third kappa shape index (κ3) is 19.8. The summed E-state index contributed by atoms with van der Waals surface area (Å²) in [4.78, 5) is 24.5. The second-order valence-electron chi connectivity index (χ2n) is 14.9. The lowest BCUT2D eigenvalue weighted by molar-refractivity contribution is -0.161. The van der Waals surface area contributed by atoms with E-state index in [1.165, 1.54) is 98.8 Å². The van der Waals surface area contributed by atoms with Gasteiger partial charge >= 0.3 is 11.9 Å². The molecule has 1 atom stereocenters. The Morgan fingerprint density at radius 3 is 1.57 bits per heavy atom. The molecule has 0 bridgehead atoms. The van der Waals surface area contributed by atoms with Crippen LogP contribution in [0.15, 0.2) is 14.9 Å². The second kappa shape index (κ2) is 28.0. The Morgan fingerprint density at radius 2 is 1.04 bits per heavy atom. The third-order valence-electron chi connectivity index (χ3n) is 10.3. The Bertz CT molecular complexity index is 1190. The minimum absolute atomic E-state index is 0.0896. The van der Waals surface area contributed by atoms with Gasteiger partial charge in [0.15, 0.2) is 6.10 Å². The van der Waals surface area contributed by atoms with Crippen LogP contribution in [-0.4, -0.2) is 36.4 Å². The predicted molar refractivity (Wildman–Crippen MR) is 207 cm³/mol. The molecule has 0 saturated heterocycles. The van der Waals surface area contributed by atoms with Crippen molar-refractivity contribution in [2.75, 3.05) is 13.2 Å². The monoisotopic (exact) mass is 715 g/mol. The summed E-state index contributed by atoms with van der Waals surface area (Å²) in [6.07, 6.45) is 26.6. The van der Waals surface area contributed by atoms with Crippen molar-refractivity contribution in [2.45, 2.75) is 208 Å². The maximum Gasteiger partial charge on any atom is 0.306 e. The molecule has 0 aliphatic heterocycles. The van der Waals surface area contributed by atoms with Gasteiger partial charge in [0, 0.05) is 38.5 Å². The van der Waals surface area contributed by atoms with E-state index in [0.29, 0.717) is 12.8 Å². The summed E-state index contributed by atoms with van der Waals surface area (Å²) >= 11 is 0. The van der Waals surface area contributed by atoms with E-state index in [1.54, 1.807) is 0 Å². The van der Waals surface area contributed by atoms with Crippen molar-refractivity contribution in [2.24, 2.45) is 0 Å². The molecule has 0 amide bonds. The van der Waals surface area contributed by atoms with E-state index < -0.39 is 6.10 Å². The van der Waals surface area contributed by atoms with Gasteiger partial charge in [0.05, 0.1) is 6.61 Å². The van der Waals surface area contributed by atoms with Crippen molar-refractivity contribution in [1.29, 1.82) is 0 Å². The van der Waals surface area contributed by atoms with E-state index in [2.05, 4.69) is 40.7 Å². The molecule has 2 rings (SSSR count). The van der Waals surface area contributed by atoms with Crippen LogP contribution in [0.1, 0.15) is 195 Å². The van der Waals surface area contributed by atoms with E-state index in [9.17, 15) is 14.7 Å². The molecule has 1 N–H and O–H groups in total. The van der Waals surface area contributed by atoms with Crippen LogP contribution in [0.25, 0.3) is 0 Å². The second-order valence-corrected chi connectivity index (χ2v) is 14.9. The molecule has 7 heteroatoms. The van der Waals surface area contributed by atoms with Crippen LogP contribution >= 0.6 is 0 Å². The maximum atomic E-state index is 12.3. The van der Waals surface area contributed by atoms with Crippen LogP contribution in [0, 0.1) is 20.8 Å². The number of rotatable bonds is 32. The lowest BCUT2D eigenvalue weighted by atomic mass is 10.0. The first-order chi connectivity index (χ1) is 24.8. The number of carbonyl (C=O) groups is 2. The first kappa shape index (κ1) is 44.6. The van der Waals surface area contributed by atoms with Gasteiger partial charge in [-0.2, -0.15) is 0 Å². The summed E-state index contributed by atoms with van der Waals surface area (Å²) in [5.74, 6) is 4.01. The smallest absolute Gasteiger partial charge is 0.306 e. The number of esters is 2. The number of aliphatic hydroxyl groups excluding tert-OH is 1.